The van der Waals surface area contributed by atoms with Crippen molar-refractivity contribution in [1.29, 1.82) is 0 Å². The number of amides is 1. The quantitative estimate of drug-likeness (QED) is 0.763. The molecular weight excluding hydrogens is 259 g/mol. The van der Waals surface area contributed by atoms with E-state index in [1.807, 2.05) is 17.1 Å². The summed E-state index contributed by atoms with van der Waals surface area (Å²) in [6.45, 7) is 4.09. The second-order valence-corrected chi connectivity index (χ2v) is 4.91. The van der Waals surface area contributed by atoms with Gasteiger partial charge in [0.25, 0.3) is 0 Å². The molecule has 0 atom stereocenters. The van der Waals surface area contributed by atoms with Gasteiger partial charge in [0.1, 0.15) is 6.54 Å². The average molecular weight is 281 g/mol. The van der Waals surface area contributed by atoms with Crippen molar-refractivity contribution >= 4 is 5.91 Å². The molecule has 7 heteroatoms. The molecule has 0 saturated carbocycles. The number of alkyl halides is 3. The molecule has 0 aromatic heterocycles. The first-order valence-electron chi connectivity index (χ1n) is 6.67. The highest BCUT2D eigenvalue weighted by molar-refractivity contribution is 5.78. The fraction of sp³-hybridized carbons (Fsp3) is 0.917. The van der Waals surface area contributed by atoms with Crippen LogP contribution in [0, 0.1) is 5.92 Å². The first-order valence-corrected chi connectivity index (χ1v) is 6.67. The topological polar surface area (TPSA) is 44.4 Å². The lowest BCUT2D eigenvalue weighted by Crippen LogP contribution is -2.43. The maximum absolute atomic E-state index is 12.0. The Kier molecular flexibility index (Phi) is 6.57. The monoisotopic (exact) mass is 281 g/mol. The standard InChI is InChI=1S/C12H22F3N3O/c1-2-18(7-10-3-5-16-6-4-10)8-11(19)17-9-12(13,14)15/h10,16H,2-9H2,1H3,(H,17,19). The molecule has 2 N–H and O–H groups in total. The Morgan fingerprint density at radius 2 is 2.00 bits per heavy atom. The van der Waals surface area contributed by atoms with Crippen molar-refractivity contribution in [1.82, 2.24) is 15.5 Å². The molecule has 0 bridgehead atoms. The summed E-state index contributed by atoms with van der Waals surface area (Å²) in [7, 11) is 0. The highest BCUT2D eigenvalue weighted by Gasteiger charge is 2.28. The molecule has 4 nitrogen and oxygen atoms in total. The van der Waals surface area contributed by atoms with Crippen molar-refractivity contribution in [3.63, 3.8) is 0 Å². The number of hydrogen-bond donors (Lipinski definition) is 2. The van der Waals surface area contributed by atoms with E-state index in [1.54, 1.807) is 0 Å². The van der Waals surface area contributed by atoms with Crippen LogP contribution in [0.15, 0.2) is 0 Å². The summed E-state index contributed by atoms with van der Waals surface area (Å²) in [6.07, 6.45) is -2.23. The molecule has 112 valence electrons. The molecule has 0 aromatic carbocycles. The number of hydrogen-bond acceptors (Lipinski definition) is 3. The van der Waals surface area contributed by atoms with Crippen LogP contribution in [-0.2, 0) is 4.79 Å². The van der Waals surface area contributed by atoms with Gasteiger partial charge in [-0.15, -0.1) is 0 Å². The lowest BCUT2D eigenvalue weighted by atomic mass is 9.97. The molecule has 1 aliphatic heterocycles. The fourth-order valence-electron chi connectivity index (χ4n) is 2.19. The third-order valence-corrected chi connectivity index (χ3v) is 3.28. The van der Waals surface area contributed by atoms with Gasteiger partial charge in [-0.05, 0) is 38.4 Å². The molecule has 1 aliphatic rings. The van der Waals surface area contributed by atoms with Crippen LogP contribution in [-0.4, -0.2) is 56.3 Å². The van der Waals surface area contributed by atoms with E-state index in [0.717, 1.165) is 32.5 Å². The van der Waals surface area contributed by atoms with E-state index >= 15 is 0 Å². The number of rotatable bonds is 6. The number of likely N-dealkylation sites (N-methyl/N-ethyl adjacent to an activating group) is 1. The molecule has 0 radical (unpaired) electrons. The first kappa shape index (κ1) is 16.2. The largest absolute Gasteiger partial charge is 0.405 e. The Morgan fingerprint density at radius 3 is 2.53 bits per heavy atom. The van der Waals surface area contributed by atoms with E-state index in [0.29, 0.717) is 12.5 Å². The molecule has 0 aromatic rings. The number of carbonyl (C=O) groups excluding carboxylic acids is 1. The molecule has 1 fully saturated rings. The van der Waals surface area contributed by atoms with Crippen LogP contribution in [0.2, 0.25) is 0 Å². The molecular formula is C12H22F3N3O. The van der Waals surface area contributed by atoms with E-state index in [9.17, 15) is 18.0 Å². The summed E-state index contributed by atoms with van der Waals surface area (Å²) in [5.41, 5.74) is 0. The minimum Gasteiger partial charge on any atom is -0.346 e. The zero-order valence-electron chi connectivity index (χ0n) is 11.2. The molecule has 1 heterocycles. The van der Waals surface area contributed by atoms with Crippen molar-refractivity contribution in [3.8, 4) is 0 Å². The number of nitrogens with zero attached hydrogens (tertiary/aromatic N) is 1. The SMILES string of the molecule is CCN(CC(=O)NCC(F)(F)F)CC1CCNCC1. The zero-order chi connectivity index (χ0) is 14.3. The average Bonchev–Trinajstić information content (AvgIpc) is 2.36. The van der Waals surface area contributed by atoms with Gasteiger partial charge in [-0.1, -0.05) is 6.92 Å². The van der Waals surface area contributed by atoms with Gasteiger partial charge in [-0.2, -0.15) is 13.2 Å². The van der Waals surface area contributed by atoms with Gasteiger partial charge in [0.15, 0.2) is 0 Å². The number of nitrogens with one attached hydrogen (secondary N) is 2. The van der Waals surface area contributed by atoms with Crippen molar-refractivity contribution in [3.05, 3.63) is 0 Å². The summed E-state index contributed by atoms with van der Waals surface area (Å²) in [5, 5.41) is 5.17. The Balaban J connectivity index is 2.28. The van der Waals surface area contributed by atoms with Crippen molar-refractivity contribution in [2.45, 2.75) is 25.9 Å². The number of carbonyl (C=O) groups is 1. The van der Waals surface area contributed by atoms with E-state index < -0.39 is 18.6 Å². The normalized spacial score (nSPS) is 17.7. The molecule has 1 saturated heterocycles. The van der Waals surface area contributed by atoms with Gasteiger partial charge in [-0.3, -0.25) is 9.69 Å². The maximum atomic E-state index is 12.0. The van der Waals surface area contributed by atoms with E-state index in [4.69, 9.17) is 0 Å². The Labute approximate surface area is 111 Å². The van der Waals surface area contributed by atoms with Crippen LogP contribution in [0.3, 0.4) is 0 Å². The van der Waals surface area contributed by atoms with E-state index in [-0.39, 0.29) is 6.54 Å². The lowest BCUT2D eigenvalue weighted by molar-refractivity contribution is -0.139. The van der Waals surface area contributed by atoms with Crippen LogP contribution in [0.25, 0.3) is 0 Å². The van der Waals surface area contributed by atoms with Crippen molar-refractivity contribution < 1.29 is 18.0 Å². The van der Waals surface area contributed by atoms with Gasteiger partial charge in [-0.25, -0.2) is 0 Å². The van der Waals surface area contributed by atoms with Crippen LogP contribution in [0.5, 0.6) is 0 Å². The van der Waals surface area contributed by atoms with Crippen molar-refractivity contribution in [2.24, 2.45) is 5.92 Å². The molecule has 19 heavy (non-hydrogen) atoms. The summed E-state index contributed by atoms with van der Waals surface area (Å²) in [4.78, 5) is 13.3. The molecule has 0 aliphatic carbocycles. The molecule has 1 rings (SSSR count). The number of halogens is 3. The molecule has 1 amide bonds. The van der Waals surface area contributed by atoms with Crippen LogP contribution in [0.4, 0.5) is 13.2 Å². The second kappa shape index (κ2) is 7.69. The van der Waals surface area contributed by atoms with Gasteiger partial charge < -0.3 is 10.6 Å². The third-order valence-electron chi connectivity index (χ3n) is 3.28. The summed E-state index contributed by atoms with van der Waals surface area (Å²) in [6, 6.07) is 0. The predicted octanol–water partition coefficient (Wildman–Crippen LogP) is 0.986. The molecule has 0 unspecified atom stereocenters. The number of piperidine rings is 1. The minimum atomic E-state index is -4.35. The summed E-state index contributed by atoms with van der Waals surface area (Å²) in [5.74, 6) is -0.0373. The minimum absolute atomic E-state index is 0.0382. The second-order valence-electron chi connectivity index (χ2n) is 4.91. The highest BCUT2D eigenvalue weighted by Crippen LogP contribution is 2.14. The Bertz CT molecular complexity index is 278. The van der Waals surface area contributed by atoms with Gasteiger partial charge >= 0.3 is 6.18 Å². The Hall–Kier alpha value is -0.820. The molecule has 0 spiro atoms. The van der Waals surface area contributed by atoms with Gasteiger partial charge in [0.2, 0.25) is 5.91 Å². The smallest absolute Gasteiger partial charge is 0.346 e. The van der Waals surface area contributed by atoms with E-state index in [1.165, 1.54) is 0 Å². The van der Waals surface area contributed by atoms with Gasteiger partial charge in [0, 0.05) is 6.54 Å². The van der Waals surface area contributed by atoms with Crippen LogP contribution < -0.4 is 10.6 Å². The maximum Gasteiger partial charge on any atom is 0.405 e. The zero-order valence-corrected chi connectivity index (χ0v) is 11.2. The Morgan fingerprint density at radius 1 is 1.37 bits per heavy atom. The summed E-state index contributed by atoms with van der Waals surface area (Å²) >= 11 is 0. The fourth-order valence-corrected chi connectivity index (χ4v) is 2.19. The summed E-state index contributed by atoms with van der Waals surface area (Å²) < 4.78 is 35.9. The van der Waals surface area contributed by atoms with E-state index in [2.05, 4.69) is 5.32 Å². The highest BCUT2D eigenvalue weighted by atomic mass is 19.4. The van der Waals surface area contributed by atoms with Gasteiger partial charge in [0.05, 0.1) is 6.54 Å². The predicted molar refractivity (Wildman–Crippen MR) is 66.8 cm³/mol. The third kappa shape index (κ3) is 7.37. The lowest BCUT2D eigenvalue weighted by Gasteiger charge is -2.28. The first-order chi connectivity index (χ1) is 8.90. The van der Waals surface area contributed by atoms with Crippen molar-refractivity contribution in [2.75, 3.05) is 39.3 Å². The van der Waals surface area contributed by atoms with Crippen LogP contribution >= 0.6 is 0 Å². The van der Waals surface area contributed by atoms with Crippen LogP contribution in [0.1, 0.15) is 19.8 Å².